The third-order valence-electron chi connectivity index (χ3n) is 3.72. The molecular formula is C16H19F3N2O2. The van der Waals surface area contributed by atoms with Crippen molar-refractivity contribution < 1.29 is 23.1 Å². The van der Waals surface area contributed by atoms with E-state index in [4.69, 9.17) is 0 Å². The molecule has 1 atom stereocenters. The molecule has 126 valence electrons. The lowest BCUT2D eigenvalue weighted by Gasteiger charge is -2.32. The molecule has 0 fully saturated rings. The molecule has 23 heavy (non-hydrogen) atoms. The first-order chi connectivity index (χ1) is 10.6. The van der Waals surface area contributed by atoms with Gasteiger partial charge in [0.2, 0.25) is 0 Å². The van der Waals surface area contributed by atoms with Gasteiger partial charge in [-0.15, -0.1) is 0 Å². The van der Waals surface area contributed by atoms with Crippen LogP contribution in [0.1, 0.15) is 43.5 Å². The molecule has 0 spiro atoms. The maximum absolute atomic E-state index is 13.3. The number of nitrogens with zero attached hydrogens (tertiary/aromatic N) is 2. The largest absolute Gasteiger partial charge is 0.438 e. The zero-order valence-electron chi connectivity index (χ0n) is 13.0. The van der Waals surface area contributed by atoms with Crippen molar-refractivity contribution in [3.63, 3.8) is 0 Å². The van der Waals surface area contributed by atoms with Crippen molar-refractivity contribution in [1.29, 1.82) is 0 Å². The van der Waals surface area contributed by atoms with Crippen LogP contribution in [-0.2, 0) is 0 Å². The van der Waals surface area contributed by atoms with Crippen LogP contribution in [0.4, 0.5) is 13.2 Å². The van der Waals surface area contributed by atoms with Crippen molar-refractivity contribution in [3.8, 4) is 0 Å². The highest BCUT2D eigenvalue weighted by molar-refractivity contribution is 5.98. The number of hydrogen-bond acceptors (Lipinski definition) is 3. The van der Waals surface area contributed by atoms with Gasteiger partial charge in [-0.25, -0.2) is 0 Å². The van der Waals surface area contributed by atoms with Crippen LogP contribution in [0.2, 0.25) is 0 Å². The van der Waals surface area contributed by atoms with Gasteiger partial charge in [0.1, 0.15) is 0 Å². The number of carbonyl (C=O) groups is 1. The van der Waals surface area contributed by atoms with Crippen LogP contribution in [0.5, 0.6) is 0 Å². The molecule has 7 heteroatoms. The molecule has 1 amide bonds. The van der Waals surface area contributed by atoms with E-state index >= 15 is 0 Å². The SMILES string of the molecule is CC(C)CCC1=NN(C(=O)c2ccccc2)[C@](O)(C(F)(F)F)C1. The first-order valence-corrected chi connectivity index (χ1v) is 7.40. The van der Waals surface area contributed by atoms with Gasteiger partial charge in [-0.3, -0.25) is 4.79 Å². The minimum absolute atomic E-state index is 0.0454. The van der Waals surface area contributed by atoms with E-state index in [-0.39, 0.29) is 22.2 Å². The second-order valence-corrected chi connectivity index (χ2v) is 6.07. The van der Waals surface area contributed by atoms with E-state index in [0.717, 1.165) is 0 Å². The lowest BCUT2D eigenvalue weighted by atomic mass is 9.99. The Morgan fingerprint density at radius 2 is 1.96 bits per heavy atom. The summed E-state index contributed by atoms with van der Waals surface area (Å²) in [6, 6.07) is 7.51. The lowest BCUT2D eigenvalue weighted by molar-refractivity contribution is -0.297. The van der Waals surface area contributed by atoms with Crippen molar-refractivity contribution in [2.24, 2.45) is 11.0 Å². The number of rotatable bonds is 4. The average molecular weight is 328 g/mol. The van der Waals surface area contributed by atoms with Crippen LogP contribution < -0.4 is 0 Å². The molecule has 0 saturated heterocycles. The molecule has 0 radical (unpaired) electrons. The van der Waals surface area contributed by atoms with E-state index in [1.165, 1.54) is 12.1 Å². The van der Waals surface area contributed by atoms with Crippen molar-refractivity contribution in [3.05, 3.63) is 35.9 Å². The van der Waals surface area contributed by atoms with Crippen LogP contribution in [0.25, 0.3) is 0 Å². The Hall–Kier alpha value is -1.89. The fraction of sp³-hybridized carbons (Fsp3) is 0.500. The van der Waals surface area contributed by atoms with Crippen LogP contribution in [0, 0.1) is 5.92 Å². The Balaban J connectivity index is 2.32. The monoisotopic (exact) mass is 328 g/mol. The Labute approximate surface area is 132 Å². The molecular weight excluding hydrogens is 309 g/mol. The summed E-state index contributed by atoms with van der Waals surface area (Å²) in [5, 5.41) is 14.1. The van der Waals surface area contributed by atoms with Crippen molar-refractivity contribution in [2.75, 3.05) is 0 Å². The first kappa shape index (κ1) is 17.5. The average Bonchev–Trinajstić information content (AvgIpc) is 2.83. The number of halogens is 3. The highest BCUT2D eigenvalue weighted by atomic mass is 19.4. The molecule has 1 aromatic rings. The number of aliphatic hydroxyl groups is 1. The molecule has 2 rings (SSSR count). The standard InChI is InChI=1S/C16H19F3N2O2/c1-11(2)8-9-13-10-15(23,16(17,18)19)21(20-13)14(22)12-6-4-3-5-7-12/h3-7,11,23H,8-10H2,1-2H3/t15-/m1/s1. The van der Waals surface area contributed by atoms with E-state index < -0.39 is 24.2 Å². The third kappa shape index (κ3) is 3.55. The molecule has 1 aromatic carbocycles. The van der Waals surface area contributed by atoms with Crippen LogP contribution in [0.15, 0.2) is 35.4 Å². The minimum Gasteiger partial charge on any atom is -0.362 e. The molecule has 0 aliphatic carbocycles. The normalized spacial score (nSPS) is 21.7. The predicted molar refractivity (Wildman–Crippen MR) is 79.7 cm³/mol. The maximum Gasteiger partial charge on any atom is 0.438 e. The third-order valence-corrected chi connectivity index (χ3v) is 3.72. The van der Waals surface area contributed by atoms with Crippen LogP contribution >= 0.6 is 0 Å². The number of alkyl halides is 3. The van der Waals surface area contributed by atoms with Crippen LogP contribution in [0.3, 0.4) is 0 Å². The summed E-state index contributed by atoms with van der Waals surface area (Å²) in [4.78, 5) is 12.4. The zero-order valence-corrected chi connectivity index (χ0v) is 13.0. The summed E-state index contributed by atoms with van der Waals surface area (Å²) in [5.41, 5.74) is -3.06. The van der Waals surface area contributed by atoms with Gasteiger partial charge in [0, 0.05) is 17.7 Å². The summed E-state index contributed by atoms with van der Waals surface area (Å²) >= 11 is 0. The molecule has 1 aliphatic rings. The minimum atomic E-state index is -4.99. The van der Waals surface area contributed by atoms with E-state index in [9.17, 15) is 23.1 Å². The van der Waals surface area contributed by atoms with Gasteiger partial charge in [0.05, 0.1) is 0 Å². The van der Waals surface area contributed by atoms with Gasteiger partial charge in [-0.2, -0.15) is 23.3 Å². The molecule has 0 unspecified atom stereocenters. The topological polar surface area (TPSA) is 52.9 Å². The van der Waals surface area contributed by atoms with E-state index in [2.05, 4.69) is 5.10 Å². The van der Waals surface area contributed by atoms with Gasteiger partial charge in [-0.05, 0) is 30.9 Å². The molecule has 4 nitrogen and oxygen atoms in total. The van der Waals surface area contributed by atoms with Gasteiger partial charge >= 0.3 is 6.18 Å². The zero-order chi connectivity index (χ0) is 17.3. The molecule has 1 N–H and O–H groups in total. The molecule has 0 bridgehead atoms. The highest BCUT2D eigenvalue weighted by Gasteiger charge is 2.63. The molecule has 0 saturated carbocycles. The Morgan fingerprint density at radius 1 is 1.35 bits per heavy atom. The van der Waals surface area contributed by atoms with E-state index in [1.54, 1.807) is 18.2 Å². The summed E-state index contributed by atoms with van der Waals surface area (Å²) in [5.74, 6) is -0.680. The fourth-order valence-corrected chi connectivity index (χ4v) is 2.35. The lowest BCUT2D eigenvalue weighted by Crippen LogP contribution is -2.56. The fourth-order valence-electron chi connectivity index (χ4n) is 2.35. The maximum atomic E-state index is 13.3. The van der Waals surface area contributed by atoms with Gasteiger partial charge in [-0.1, -0.05) is 32.0 Å². The molecule has 1 aliphatic heterocycles. The van der Waals surface area contributed by atoms with Crippen LogP contribution in [-0.4, -0.2) is 33.6 Å². The Bertz CT molecular complexity index is 599. The Kier molecular flexibility index (Phi) is 4.79. The van der Waals surface area contributed by atoms with Gasteiger partial charge in [0.15, 0.2) is 0 Å². The van der Waals surface area contributed by atoms with Crippen molar-refractivity contribution in [1.82, 2.24) is 5.01 Å². The first-order valence-electron chi connectivity index (χ1n) is 7.40. The van der Waals surface area contributed by atoms with Gasteiger partial charge in [0.25, 0.3) is 11.6 Å². The van der Waals surface area contributed by atoms with Gasteiger partial charge < -0.3 is 5.11 Å². The highest BCUT2D eigenvalue weighted by Crippen LogP contribution is 2.41. The quantitative estimate of drug-likeness (QED) is 0.918. The summed E-state index contributed by atoms with van der Waals surface area (Å²) in [6.07, 6.45) is -4.74. The van der Waals surface area contributed by atoms with E-state index in [0.29, 0.717) is 12.8 Å². The second kappa shape index (κ2) is 6.31. The number of hydrazone groups is 1. The summed E-state index contributed by atoms with van der Waals surface area (Å²) < 4.78 is 40.0. The number of amides is 1. The summed E-state index contributed by atoms with van der Waals surface area (Å²) in [6.45, 7) is 3.89. The second-order valence-electron chi connectivity index (χ2n) is 6.07. The Morgan fingerprint density at radius 3 is 2.48 bits per heavy atom. The predicted octanol–water partition coefficient (Wildman–Crippen LogP) is 3.58. The number of carbonyl (C=O) groups excluding carboxylic acids is 1. The van der Waals surface area contributed by atoms with E-state index in [1.807, 2.05) is 13.8 Å². The number of hydrogen-bond donors (Lipinski definition) is 1. The number of benzene rings is 1. The van der Waals surface area contributed by atoms with Crippen molar-refractivity contribution >= 4 is 11.6 Å². The molecule has 1 heterocycles. The summed E-state index contributed by atoms with van der Waals surface area (Å²) in [7, 11) is 0. The smallest absolute Gasteiger partial charge is 0.362 e. The molecule has 0 aromatic heterocycles. The van der Waals surface area contributed by atoms with Crippen molar-refractivity contribution in [2.45, 2.75) is 45.0 Å².